The normalized spacial score (nSPS) is 31.7. The number of carbonyl (C=O) groups is 1. The third-order valence-electron chi connectivity index (χ3n) is 7.34. The molecule has 0 amide bonds. The summed E-state index contributed by atoms with van der Waals surface area (Å²) in [6, 6.07) is 7.85. The maximum Gasteiger partial charge on any atom is 0.303 e. The number of benzene rings is 1. The van der Waals surface area contributed by atoms with Gasteiger partial charge in [-0.25, -0.2) is 4.68 Å². The molecule has 0 radical (unpaired) electrons. The van der Waals surface area contributed by atoms with Crippen LogP contribution >= 0.6 is 11.6 Å². The van der Waals surface area contributed by atoms with Crippen LogP contribution in [0.15, 0.2) is 35.3 Å². The Morgan fingerprint density at radius 3 is 2.70 bits per heavy atom. The highest BCUT2D eigenvalue weighted by atomic mass is 35.5. The molecule has 2 N–H and O–H groups in total. The van der Waals surface area contributed by atoms with Crippen LogP contribution < -0.4 is 10.9 Å². The summed E-state index contributed by atoms with van der Waals surface area (Å²) in [7, 11) is 0. The zero-order chi connectivity index (χ0) is 21.1. The molecule has 4 aliphatic rings. The number of aryl methyl sites for hydroxylation is 1. The Hall–Kier alpha value is -2.34. The van der Waals surface area contributed by atoms with Gasteiger partial charge in [0.2, 0.25) is 0 Å². The number of halogens is 1. The highest BCUT2D eigenvalue weighted by molar-refractivity contribution is 6.33. The van der Waals surface area contributed by atoms with Gasteiger partial charge >= 0.3 is 5.97 Å². The first-order valence-electron chi connectivity index (χ1n) is 10.6. The first-order valence-corrected chi connectivity index (χ1v) is 11.0. The fourth-order valence-corrected chi connectivity index (χ4v) is 7.09. The second-order valence-electron chi connectivity index (χ2n) is 9.84. The lowest BCUT2D eigenvalue weighted by molar-refractivity contribution is -0.151. The van der Waals surface area contributed by atoms with Crippen LogP contribution in [0.4, 0.5) is 11.4 Å². The fourth-order valence-electron chi connectivity index (χ4n) is 6.91. The molecule has 7 heteroatoms. The SMILES string of the molecule is Cc1cccc(Nc2cnn(C34C[C@H]5C[C@@H](CC(CC(=O)O)(C5)C3)C4)c(=O)c2Cl)c1. The molecule has 1 aromatic heterocycles. The van der Waals surface area contributed by atoms with Crippen LogP contribution in [0.5, 0.6) is 0 Å². The molecule has 4 bridgehead atoms. The molecule has 6 nitrogen and oxygen atoms in total. The quantitative estimate of drug-likeness (QED) is 0.721. The molecule has 1 heterocycles. The van der Waals surface area contributed by atoms with Crippen molar-refractivity contribution in [2.24, 2.45) is 17.3 Å². The number of aromatic nitrogens is 2. The Morgan fingerprint density at radius 1 is 1.30 bits per heavy atom. The number of anilines is 2. The van der Waals surface area contributed by atoms with Crippen LogP contribution in [0, 0.1) is 24.2 Å². The number of carboxylic acids is 1. The zero-order valence-electron chi connectivity index (χ0n) is 17.0. The molecule has 0 saturated heterocycles. The molecule has 30 heavy (non-hydrogen) atoms. The Balaban J connectivity index is 1.51. The van der Waals surface area contributed by atoms with Crippen molar-refractivity contribution in [3.05, 3.63) is 51.4 Å². The molecule has 2 aromatic rings. The third-order valence-corrected chi connectivity index (χ3v) is 7.71. The van der Waals surface area contributed by atoms with Crippen LogP contribution in [0.25, 0.3) is 0 Å². The number of carboxylic acid groups (broad SMARTS) is 1. The largest absolute Gasteiger partial charge is 0.481 e. The van der Waals surface area contributed by atoms with Gasteiger partial charge in [0.25, 0.3) is 5.56 Å². The van der Waals surface area contributed by atoms with Gasteiger partial charge in [0.05, 0.1) is 23.8 Å². The number of hydrogen-bond donors (Lipinski definition) is 2. The summed E-state index contributed by atoms with van der Waals surface area (Å²) in [4.78, 5) is 24.9. The van der Waals surface area contributed by atoms with Crippen molar-refractivity contribution in [2.75, 3.05) is 5.32 Å². The average Bonchev–Trinajstić information content (AvgIpc) is 2.63. The van der Waals surface area contributed by atoms with Crippen LogP contribution in [0.1, 0.15) is 50.5 Å². The van der Waals surface area contributed by atoms with E-state index in [1.165, 1.54) is 0 Å². The van der Waals surface area contributed by atoms with Crippen molar-refractivity contribution in [1.29, 1.82) is 0 Å². The van der Waals surface area contributed by atoms with Crippen LogP contribution in [0.3, 0.4) is 0 Å². The summed E-state index contributed by atoms with van der Waals surface area (Å²) in [5.74, 6) is 0.175. The molecular formula is C23H26ClN3O3. The highest BCUT2D eigenvalue weighted by Gasteiger charge is 2.59. The second kappa shape index (κ2) is 6.84. The molecule has 4 fully saturated rings. The number of aliphatic carboxylic acids is 1. The number of hydrogen-bond acceptors (Lipinski definition) is 4. The Labute approximate surface area is 180 Å². The van der Waals surface area contributed by atoms with E-state index in [1.54, 1.807) is 10.9 Å². The molecule has 2 atom stereocenters. The minimum atomic E-state index is -0.747. The van der Waals surface area contributed by atoms with E-state index in [0.717, 1.165) is 43.4 Å². The van der Waals surface area contributed by atoms with E-state index in [9.17, 15) is 14.7 Å². The molecule has 4 aliphatic carbocycles. The van der Waals surface area contributed by atoms with Crippen molar-refractivity contribution in [3.8, 4) is 0 Å². The van der Waals surface area contributed by atoms with Gasteiger partial charge in [0.15, 0.2) is 0 Å². The predicted octanol–water partition coefficient (Wildman–Crippen LogP) is 4.72. The summed E-state index contributed by atoms with van der Waals surface area (Å²) >= 11 is 6.52. The van der Waals surface area contributed by atoms with E-state index < -0.39 is 11.5 Å². The minimum Gasteiger partial charge on any atom is -0.481 e. The number of rotatable bonds is 5. The molecule has 4 saturated carbocycles. The summed E-state index contributed by atoms with van der Waals surface area (Å²) in [5.41, 5.74) is 1.53. The summed E-state index contributed by atoms with van der Waals surface area (Å²) in [6.45, 7) is 2.00. The lowest BCUT2D eigenvalue weighted by Gasteiger charge is -2.61. The third kappa shape index (κ3) is 3.22. The van der Waals surface area contributed by atoms with Crippen molar-refractivity contribution >= 4 is 28.9 Å². The Morgan fingerprint density at radius 2 is 2.03 bits per heavy atom. The smallest absolute Gasteiger partial charge is 0.303 e. The van der Waals surface area contributed by atoms with Crippen LogP contribution in [-0.4, -0.2) is 20.9 Å². The topological polar surface area (TPSA) is 84.2 Å². The van der Waals surface area contributed by atoms with E-state index in [0.29, 0.717) is 23.9 Å². The molecule has 0 aliphatic heterocycles. The van der Waals surface area contributed by atoms with Crippen LogP contribution in [0.2, 0.25) is 5.02 Å². The van der Waals surface area contributed by atoms with E-state index >= 15 is 0 Å². The van der Waals surface area contributed by atoms with Crippen molar-refractivity contribution < 1.29 is 9.90 Å². The van der Waals surface area contributed by atoms with Crippen molar-refractivity contribution in [1.82, 2.24) is 9.78 Å². The molecular weight excluding hydrogens is 402 g/mol. The van der Waals surface area contributed by atoms with Crippen LogP contribution in [-0.2, 0) is 10.3 Å². The van der Waals surface area contributed by atoms with Gasteiger partial charge < -0.3 is 10.4 Å². The zero-order valence-corrected chi connectivity index (χ0v) is 17.8. The van der Waals surface area contributed by atoms with Crippen molar-refractivity contribution in [2.45, 2.75) is 57.4 Å². The maximum atomic E-state index is 13.3. The summed E-state index contributed by atoms with van der Waals surface area (Å²) < 4.78 is 1.59. The van der Waals surface area contributed by atoms with Gasteiger partial charge in [-0.1, -0.05) is 23.7 Å². The van der Waals surface area contributed by atoms with E-state index in [1.807, 2.05) is 31.2 Å². The fraction of sp³-hybridized carbons (Fsp3) is 0.522. The van der Waals surface area contributed by atoms with Gasteiger partial charge in [0, 0.05) is 5.69 Å². The van der Waals surface area contributed by atoms with E-state index in [2.05, 4.69) is 10.4 Å². The van der Waals surface area contributed by atoms with Gasteiger partial charge in [-0.15, -0.1) is 0 Å². The first kappa shape index (κ1) is 19.6. The number of nitrogens with one attached hydrogen (secondary N) is 1. The predicted molar refractivity (Wildman–Crippen MR) is 115 cm³/mol. The lowest BCUT2D eigenvalue weighted by atomic mass is 9.46. The molecule has 158 valence electrons. The number of nitrogens with zero attached hydrogens (tertiary/aromatic N) is 2. The monoisotopic (exact) mass is 427 g/mol. The Kier molecular flexibility index (Phi) is 4.47. The van der Waals surface area contributed by atoms with E-state index in [4.69, 9.17) is 11.6 Å². The van der Waals surface area contributed by atoms with Crippen molar-refractivity contribution in [3.63, 3.8) is 0 Å². The van der Waals surface area contributed by atoms with E-state index in [-0.39, 0.29) is 22.4 Å². The van der Waals surface area contributed by atoms with Gasteiger partial charge in [0.1, 0.15) is 5.02 Å². The molecule has 0 spiro atoms. The Bertz CT molecular complexity index is 1070. The first-order chi connectivity index (χ1) is 14.3. The average molecular weight is 428 g/mol. The lowest BCUT2D eigenvalue weighted by Crippen LogP contribution is -2.59. The minimum absolute atomic E-state index is 0.134. The molecule has 6 rings (SSSR count). The van der Waals surface area contributed by atoms with Gasteiger partial charge in [-0.3, -0.25) is 9.59 Å². The highest BCUT2D eigenvalue weighted by Crippen LogP contribution is 2.65. The molecule has 0 unspecified atom stereocenters. The standard InChI is InChI=1S/C23H26ClN3O3/c1-14-3-2-4-17(5-14)26-18-12-25-27(21(30)20(18)24)23-9-15-6-16(10-23)8-22(7-15,13-23)11-19(28)29/h2-5,12,15-16,26H,6-11,13H2,1H3,(H,28,29)/t15-,16-,22?,23?/m0/s1. The van der Waals surface area contributed by atoms with Gasteiger partial charge in [-0.05, 0) is 80.4 Å². The summed E-state index contributed by atoms with van der Waals surface area (Å²) in [5, 5.41) is 17.4. The molecule has 1 aromatic carbocycles. The maximum absolute atomic E-state index is 13.3. The second-order valence-corrected chi connectivity index (χ2v) is 10.2. The van der Waals surface area contributed by atoms with Gasteiger partial charge in [-0.2, -0.15) is 5.10 Å². The summed E-state index contributed by atoms with van der Waals surface area (Å²) in [6.07, 6.45) is 7.33.